The minimum atomic E-state index is -0.550. The molecule has 3 N–H and O–H groups in total. The van der Waals surface area contributed by atoms with Crippen LogP contribution in [-0.4, -0.2) is 0 Å². The van der Waals surface area contributed by atoms with Gasteiger partial charge in [0.25, 0.3) is 0 Å². The average molecular weight is 228 g/mol. The highest BCUT2D eigenvalue weighted by Crippen LogP contribution is 2.26. The Kier molecular flexibility index (Phi) is 4.83. The summed E-state index contributed by atoms with van der Waals surface area (Å²) in [5.41, 5.74) is 2.52. The van der Waals surface area contributed by atoms with Gasteiger partial charge in [-0.3, -0.25) is 11.3 Å². The molecule has 1 aromatic rings. The van der Waals surface area contributed by atoms with Crippen molar-refractivity contribution in [1.29, 1.82) is 0 Å². The first-order valence-electron chi connectivity index (χ1n) is 5.50. The summed E-state index contributed by atoms with van der Waals surface area (Å²) in [6.07, 6.45) is 1.57. The number of rotatable bonds is 5. The molecule has 90 valence electrons. The van der Waals surface area contributed by atoms with Gasteiger partial charge in [0.2, 0.25) is 0 Å². The van der Waals surface area contributed by atoms with Crippen LogP contribution in [0, 0.1) is 17.6 Å². The molecular formula is C12H18F2N2. The van der Waals surface area contributed by atoms with E-state index in [4.69, 9.17) is 5.84 Å². The van der Waals surface area contributed by atoms with E-state index in [1.54, 1.807) is 0 Å². The van der Waals surface area contributed by atoms with Crippen molar-refractivity contribution in [2.75, 3.05) is 0 Å². The largest absolute Gasteiger partial charge is 0.271 e. The molecule has 0 radical (unpaired) electrons. The zero-order valence-electron chi connectivity index (χ0n) is 9.63. The van der Waals surface area contributed by atoms with Crippen molar-refractivity contribution >= 4 is 0 Å². The molecular weight excluding hydrogens is 210 g/mol. The Balaban J connectivity index is 2.94. The van der Waals surface area contributed by atoms with E-state index < -0.39 is 17.7 Å². The van der Waals surface area contributed by atoms with Gasteiger partial charge in [0.05, 0.1) is 6.04 Å². The lowest BCUT2D eigenvalue weighted by Crippen LogP contribution is -2.30. The number of halogens is 2. The molecule has 0 saturated heterocycles. The van der Waals surface area contributed by atoms with Crippen LogP contribution in [0.25, 0.3) is 0 Å². The van der Waals surface area contributed by atoms with Crippen LogP contribution < -0.4 is 11.3 Å². The highest BCUT2D eigenvalue weighted by Gasteiger charge is 2.20. The van der Waals surface area contributed by atoms with E-state index >= 15 is 0 Å². The number of nitrogens with two attached hydrogens (primary N) is 1. The summed E-state index contributed by atoms with van der Waals surface area (Å²) in [7, 11) is 0. The van der Waals surface area contributed by atoms with E-state index in [-0.39, 0.29) is 5.56 Å². The van der Waals surface area contributed by atoms with Crippen LogP contribution in [-0.2, 0) is 0 Å². The molecule has 0 heterocycles. The second-order valence-corrected chi connectivity index (χ2v) is 4.10. The molecule has 0 bridgehead atoms. The van der Waals surface area contributed by atoms with Gasteiger partial charge in [0, 0.05) is 5.56 Å². The molecule has 4 heteroatoms. The molecule has 2 atom stereocenters. The van der Waals surface area contributed by atoms with Crippen LogP contribution in [0.4, 0.5) is 8.78 Å². The first-order chi connectivity index (χ1) is 7.60. The van der Waals surface area contributed by atoms with E-state index in [2.05, 4.69) is 5.43 Å². The van der Waals surface area contributed by atoms with Gasteiger partial charge in [-0.1, -0.05) is 26.3 Å². The van der Waals surface area contributed by atoms with Crippen LogP contribution in [0.1, 0.15) is 38.3 Å². The molecule has 0 spiro atoms. The lowest BCUT2D eigenvalue weighted by atomic mass is 9.94. The minimum absolute atomic E-state index is 0.0327. The molecule has 0 aromatic heterocycles. The van der Waals surface area contributed by atoms with Crippen LogP contribution >= 0.6 is 0 Å². The molecule has 0 aliphatic heterocycles. The Morgan fingerprint density at radius 2 is 1.88 bits per heavy atom. The van der Waals surface area contributed by atoms with E-state index in [0.29, 0.717) is 12.3 Å². The van der Waals surface area contributed by atoms with E-state index in [1.807, 2.05) is 13.8 Å². The Morgan fingerprint density at radius 1 is 1.31 bits per heavy atom. The van der Waals surface area contributed by atoms with E-state index in [1.165, 1.54) is 18.2 Å². The Morgan fingerprint density at radius 3 is 2.31 bits per heavy atom. The van der Waals surface area contributed by atoms with Crippen LogP contribution in [0.3, 0.4) is 0 Å². The lowest BCUT2D eigenvalue weighted by molar-refractivity contribution is 0.384. The molecule has 16 heavy (non-hydrogen) atoms. The van der Waals surface area contributed by atoms with Gasteiger partial charge < -0.3 is 0 Å². The summed E-state index contributed by atoms with van der Waals surface area (Å²) >= 11 is 0. The number of nitrogens with one attached hydrogen (secondary N) is 1. The van der Waals surface area contributed by atoms with Gasteiger partial charge in [-0.2, -0.15) is 0 Å². The van der Waals surface area contributed by atoms with Gasteiger partial charge in [0.15, 0.2) is 0 Å². The molecule has 2 nitrogen and oxygen atoms in total. The predicted octanol–water partition coefficient (Wildman–Crippen LogP) is 2.91. The quantitative estimate of drug-likeness (QED) is 0.600. The van der Waals surface area contributed by atoms with Gasteiger partial charge in [-0.05, 0) is 24.5 Å². The second-order valence-electron chi connectivity index (χ2n) is 4.10. The molecule has 0 fully saturated rings. The summed E-state index contributed by atoms with van der Waals surface area (Å²) in [5.74, 6) is 4.62. The SMILES string of the molecule is CCC(C)CC(NN)c1c(F)cccc1F. The van der Waals surface area contributed by atoms with E-state index in [0.717, 1.165) is 6.42 Å². The summed E-state index contributed by atoms with van der Waals surface area (Å²) in [5, 5.41) is 0. The topological polar surface area (TPSA) is 38.0 Å². The van der Waals surface area contributed by atoms with Crippen molar-refractivity contribution in [1.82, 2.24) is 5.43 Å². The fraction of sp³-hybridized carbons (Fsp3) is 0.500. The Bertz CT molecular complexity index is 322. The van der Waals surface area contributed by atoms with Crippen LogP contribution in [0.15, 0.2) is 18.2 Å². The molecule has 1 aromatic carbocycles. The van der Waals surface area contributed by atoms with Crippen molar-refractivity contribution in [2.45, 2.75) is 32.7 Å². The molecule has 0 saturated carbocycles. The summed E-state index contributed by atoms with van der Waals surface area (Å²) < 4.78 is 27.0. The third kappa shape index (κ3) is 3.00. The fourth-order valence-electron chi connectivity index (χ4n) is 1.68. The van der Waals surface area contributed by atoms with Gasteiger partial charge in [-0.25, -0.2) is 8.78 Å². The molecule has 1 rings (SSSR count). The number of hydrazine groups is 1. The zero-order chi connectivity index (χ0) is 12.1. The standard InChI is InChI=1S/C12H18F2N2/c1-3-8(2)7-11(16-15)12-9(13)5-4-6-10(12)14/h4-6,8,11,16H,3,7,15H2,1-2H3. The highest BCUT2D eigenvalue weighted by molar-refractivity contribution is 5.23. The van der Waals surface area contributed by atoms with Crippen LogP contribution in [0.2, 0.25) is 0 Å². The van der Waals surface area contributed by atoms with Crippen molar-refractivity contribution in [3.63, 3.8) is 0 Å². The maximum atomic E-state index is 13.5. The van der Waals surface area contributed by atoms with Gasteiger partial charge in [0.1, 0.15) is 11.6 Å². The smallest absolute Gasteiger partial charge is 0.130 e. The maximum absolute atomic E-state index is 13.5. The molecule has 0 amide bonds. The number of hydrogen-bond acceptors (Lipinski definition) is 2. The van der Waals surface area contributed by atoms with Crippen molar-refractivity contribution in [3.8, 4) is 0 Å². The van der Waals surface area contributed by atoms with Gasteiger partial charge >= 0.3 is 0 Å². The van der Waals surface area contributed by atoms with Gasteiger partial charge in [-0.15, -0.1) is 0 Å². The number of benzene rings is 1. The van der Waals surface area contributed by atoms with Crippen molar-refractivity contribution in [3.05, 3.63) is 35.4 Å². The third-order valence-electron chi connectivity index (χ3n) is 2.88. The minimum Gasteiger partial charge on any atom is -0.271 e. The Labute approximate surface area is 94.8 Å². The summed E-state index contributed by atoms with van der Waals surface area (Å²) in [6.45, 7) is 4.07. The predicted molar refractivity (Wildman–Crippen MR) is 60.5 cm³/mol. The van der Waals surface area contributed by atoms with Crippen molar-refractivity contribution in [2.24, 2.45) is 11.8 Å². The van der Waals surface area contributed by atoms with E-state index in [9.17, 15) is 8.78 Å². The zero-order valence-corrected chi connectivity index (χ0v) is 9.63. The first-order valence-corrected chi connectivity index (χ1v) is 5.50. The summed E-state index contributed by atoms with van der Waals surface area (Å²) in [4.78, 5) is 0. The first kappa shape index (κ1) is 13.1. The lowest BCUT2D eigenvalue weighted by Gasteiger charge is -2.20. The highest BCUT2D eigenvalue weighted by atomic mass is 19.1. The maximum Gasteiger partial charge on any atom is 0.130 e. The Hall–Kier alpha value is -1.00. The van der Waals surface area contributed by atoms with Crippen LogP contribution in [0.5, 0.6) is 0 Å². The monoisotopic (exact) mass is 228 g/mol. The summed E-state index contributed by atoms with van der Waals surface area (Å²) in [6, 6.07) is 3.38. The normalized spacial score (nSPS) is 14.8. The third-order valence-corrected chi connectivity index (χ3v) is 2.88. The van der Waals surface area contributed by atoms with Crippen molar-refractivity contribution < 1.29 is 8.78 Å². The fourth-order valence-corrected chi connectivity index (χ4v) is 1.68. The number of hydrogen-bond donors (Lipinski definition) is 2. The molecule has 2 unspecified atom stereocenters. The molecule has 0 aliphatic rings. The molecule has 0 aliphatic carbocycles. The average Bonchev–Trinajstić information content (AvgIpc) is 2.27. The second kappa shape index (κ2) is 5.92.